The zero-order valence-corrected chi connectivity index (χ0v) is 21.6. The van der Waals surface area contributed by atoms with Gasteiger partial charge in [-0.1, -0.05) is 24.3 Å². The number of amides is 1. The van der Waals surface area contributed by atoms with E-state index in [9.17, 15) is 22.8 Å². The highest BCUT2D eigenvalue weighted by molar-refractivity contribution is 7.92. The number of aryl methyl sites for hydroxylation is 1. The number of anilines is 5. The van der Waals surface area contributed by atoms with Gasteiger partial charge >= 0.3 is 0 Å². The van der Waals surface area contributed by atoms with E-state index in [0.717, 1.165) is 22.3 Å². The summed E-state index contributed by atoms with van der Waals surface area (Å²) in [4.78, 5) is 40.7. The van der Waals surface area contributed by atoms with Crippen molar-refractivity contribution in [2.45, 2.75) is 12.7 Å². The number of thiophene rings is 1. The van der Waals surface area contributed by atoms with Gasteiger partial charge in [0.05, 0.1) is 17.0 Å². The number of hydrogen-bond acceptors (Lipinski definition) is 9. The first-order valence-corrected chi connectivity index (χ1v) is 13.8. The van der Waals surface area contributed by atoms with Crippen molar-refractivity contribution in [1.82, 2.24) is 4.98 Å². The third kappa shape index (κ3) is 4.86. The Balaban J connectivity index is 1.33. The standard InChI is InChI=1S/C26H21N5O5S2/c1-14-6-7-16(12-20(14)30-22-21(27)23(32)24(22)33)29-26(34)25-19(9-11-37-25)31-38(35,36)13-15-8-10-28-18-5-3-2-4-17(15)18/h2-12,30-31H,13,27H2,1H3,(H,29,34). The third-order valence-electron chi connectivity index (χ3n) is 5.92. The van der Waals surface area contributed by atoms with Gasteiger partial charge in [-0.05, 0) is 53.8 Å². The van der Waals surface area contributed by atoms with Crippen LogP contribution in [0, 0.1) is 6.92 Å². The fourth-order valence-corrected chi connectivity index (χ4v) is 5.99. The summed E-state index contributed by atoms with van der Waals surface area (Å²) < 4.78 is 28.5. The first kappa shape index (κ1) is 25.1. The van der Waals surface area contributed by atoms with Crippen molar-refractivity contribution in [3.05, 3.63) is 103 Å². The van der Waals surface area contributed by atoms with Gasteiger partial charge < -0.3 is 16.4 Å². The van der Waals surface area contributed by atoms with E-state index in [-0.39, 0.29) is 27.7 Å². The summed E-state index contributed by atoms with van der Waals surface area (Å²) in [5, 5.41) is 7.93. The molecule has 1 amide bonds. The fourth-order valence-electron chi connectivity index (χ4n) is 3.94. The molecule has 0 bridgehead atoms. The Morgan fingerprint density at radius 2 is 1.82 bits per heavy atom. The summed E-state index contributed by atoms with van der Waals surface area (Å²) in [6.07, 6.45) is 1.56. The second-order valence-electron chi connectivity index (χ2n) is 8.57. The number of aromatic nitrogens is 1. The molecule has 0 saturated carbocycles. The molecular weight excluding hydrogens is 526 g/mol. The van der Waals surface area contributed by atoms with E-state index in [0.29, 0.717) is 22.5 Å². The highest BCUT2D eigenvalue weighted by Crippen LogP contribution is 2.29. The molecule has 5 aromatic rings. The van der Waals surface area contributed by atoms with Crippen molar-refractivity contribution in [2.24, 2.45) is 0 Å². The number of nitrogens with one attached hydrogen (secondary N) is 3. The van der Waals surface area contributed by atoms with Crippen LogP contribution in [0.3, 0.4) is 0 Å². The zero-order valence-electron chi connectivity index (χ0n) is 19.9. The number of pyridine rings is 1. The minimum atomic E-state index is -3.85. The SMILES string of the molecule is Cc1ccc(NC(=O)c2sccc2NS(=O)(=O)Cc2ccnc3ccccc23)cc1Nc1c(N)c(=O)c1=O. The topological polar surface area (TPSA) is 160 Å². The number of nitrogens with two attached hydrogens (primary N) is 1. The summed E-state index contributed by atoms with van der Waals surface area (Å²) in [6.45, 7) is 1.79. The normalized spacial score (nSPS) is 11.5. The van der Waals surface area contributed by atoms with Gasteiger partial charge in [-0.2, -0.15) is 0 Å². The summed E-state index contributed by atoms with van der Waals surface area (Å²) >= 11 is 1.09. The van der Waals surface area contributed by atoms with Crippen molar-refractivity contribution >= 4 is 66.6 Å². The van der Waals surface area contributed by atoms with E-state index in [1.807, 2.05) is 24.3 Å². The van der Waals surface area contributed by atoms with Crippen LogP contribution in [0.2, 0.25) is 0 Å². The Kier molecular flexibility index (Phi) is 6.43. The molecule has 0 aliphatic heterocycles. The maximum absolute atomic E-state index is 13.1. The molecule has 12 heteroatoms. The van der Waals surface area contributed by atoms with Crippen molar-refractivity contribution in [2.75, 3.05) is 21.1 Å². The Hall–Kier alpha value is -4.55. The van der Waals surface area contributed by atoms with Crippen molar-refractivity contribution in [1.29, 1.82) is 0 Å². The summed E-state index contributed by atoms with van der Waals surface area (Å²) in [7, 11) is -3.85. The Morgan fingerprint density at radius 3 is 2.61 bits per heavy atom. The summed E-state index contributed by atoms with van der Waals surface area (Å²) in [5.74, 6) is -0.810. The molecule has 0 atom stereocenters. The lowest BCUT2D eigenvalue weighted by molar-refractivity contribution is 0.103. The molecule has 0 spiro atoms. The van der Waals surface area contributed by atoms with Gasteiger partial charge in [-0.15, -0.1) is 11.3 Å². The van der Waals surface area contributed by atoms with Crippen LogP contribution >= 0.6 is 11.3 Å². The number of rotatable bonds is 8. The predicted molar refractivity (Wildman–Crippen MR) is 150 cm³/mol. The van der Waals surface area contributed by atoms with Gasteiger partial charge in [0.2, 0.25) is 10.0 Å². The minimum Gasteiger partial charge on any atom is -0.394 e. The Morgan fingerprint density at radius 1 is 1.03 bits per heavy atom. The average molecular weight is 548 g/mol. The van der Waals surface area contributed by atoms with Crippen molar-refractivity contribution < 1.29 is 13.2 Å². The molecule has 0 unspecified atom stereocenters. The van der Waals surface area contributed by atoms with E-state index < -0.39 is 26.8 Å². The van der Waals surface area contributed by atoms with Gasteiger partial charge in [-0.25, -0.2) is 8.42 Å². The summed E-state index contributed by atoms with van der Waals surface area (Å²) in [5.41, 5.74) is 7.10. The number of benzene rings is 2. The monoisotopic (exact) mass is 547 g/mol. The molecule has 192 valence electrons. The molecule has 5 N–H and O–H groups in total. The highest BCUT2D eigenvalue weighted by Gasteiger charge is 2.21. The number of carbonyl (C=O) groups is 1. The lowest BCUT2D eigenvalue weighted by Gasteiger charge is -2.14. The summed E-state index contributed by atoms with van der Waals surface area (Å²) in [6, 6.07) is 15.4. The van der Waals surface area contributed by atoms with Crippen LogP contribution < -0.4 is 31.9 Å². The Labute approximate surface area is 220 Å². The average Bonchev–Trinajstić information content (AvgIpc) is 3.35. The van der Waals surface area contributed by atoms with E-state index in [4.69, 9.17) is 5.73 Å². The number of para-hydroxylation sites is 1. The van der Waals surface area contributed by atoms with Crippen LogP contribution in [0.4, 0.5) is 28.4 Å². The van der Waals surface area contributed by atoms with Crippen LogP contribution in [0.25, 0.3) is 10.9 Å². The van der Waals surface area contributed by atoms with Gasteiger partial charge in [0.1, 0.15) is 16.3 Å². The van der Waals surface area contributed by atoms with Crippen molar-refractivity contribution in [3.63, 3.8) is 0 Å². The van der Waals surface area contributed by atoms with Crippen LogP contribution in [0.1, 0.15) is 20.8 Å². The van der Waals surface area contributed by atoms with E-state index >= 15 is 0 Å². The maximum atomic E-state index is 13.1. The minimum absolute atomic E-state index is 0.0125. The van der Waals surface area contributed by atoms with Crippen LogP contribution in [0.15, 0.2) is 75.8 Å². The molecule has 0 aliphatic rings. The van der Waals surface area contributed by atoms with Crippen molar-refractivity contribution in [3.8, 4) is 0 Å². The maximum Gasteiger partial charge on any atom is 0.267 e. The number of nitrogens with zero attached hydrogens (tertiary/aromatic N) is 1. The molecule has 10 nitrogen and oxygen atoms in total. The highest BCUT2D eigenvalue weighted by atomic mass is 32.2. The van der Waals surface area contributed by atoms with Gasteiger partial charge in [0.15, 0.2) is 0 Å². The number of fused-ring (bicyclic) bond motifs is 1. The van der Waals surface area contributed by atoms with Gasteiger partial charge in [-0.3, -0.25) is 24.1 Å². The van der Waals surface area contributed by atoms with Crippen LogP contribution in [-0.2, 0) is 15.8 Å². The quantitative estimate of drug-likeness (QED) is 0.214. The van der Waals surface area contributed by atoms with E-state index in [2.05, 4.69) is 20.3 Å². The first-order chi connectivity index (χ1) is 18.1. The molecule has 38 heavy (non-hydrogen) atoms. The molecule has 0 fully saturated rings. The third-order valence-corrected chi connectivity index (χ3v) is 8.06. The van der Waals surface area contributed by atoms with Gasteiger partial charge in [0.25, 0.3) is 16.8 Å². The molecule has 0 aliphatic carbocycles. The predicted octanol–water partition coefficient (Wildman–Crippen LogP) is 3.72. The fraction of sp³-hybridized carbons (Fsp3) is 0.0769. The number of carbonyl (C=O) groups excluding carboxylic acids is 1. The van der Waals surface area contributed by atoms with Crippen LogP contribution in [0.5, 0.6) is 0 Å². The molecule has 0 radical (unpaired) electrons. The molecule has 5 rings (SSSR count). The van der Waals surface area contributed by atoms with Crippen LogP contribution in [-0.4, -0.2) is 19.3 Å². The van der Waals surface area contributed by atoms with Gasteiger partial charge in [0, 0.05) is 23.0 Å². The number of nitrogen functional groups attached to an aromatic ring is 1. The molecular formula is C26H21N5O5S2. The molecule has 2 heterocycles. The lowest BCUT2D eigenvalue weighted by Crippen LogP contribution is -2.36. The van der Waals surface area contributed by atoms with E-state index in [1.165, 1.54) is 6.07 Å². The second-order valence-corrected chi connectivity index (χ2v) is 11.2. The lowest BCUT2D eigenvalue weighted by atomic mass is 10.1. The molecule has 3 aromatic carbocycles. The molecule has 0 saturated heterocycles. The second kappa shape index (κ2) is 9.72. The largest absolute Gasteiger partial charge is 0.394 e. The molecule has 2 aromatic heterocycles. The first-order valence-electron chi connectivity index (χ1n) is 11.3. The van der Waals surface area contributed by atoms with E-state index in [1.54, 1.807) is 42.8 Å². The number of hydrogen-bond donors (Lipinski definition) is 4. The Bertz CT molecular complexity index is 1880. The zero-order chi connectivity index (χ0) is 27.0. The smallest absolute Gasteiger partial charge is 0.267 e. The number of sulfonamides is 1.